The maximum absolute atomic E-state index is 11.2. The average molecular weight is 295 g/mol. The number of aldehydes is 1. The van der Waals surface area contributed by atoms with Crippen LogP contribution < -0.4 is 10.1 Å². The van der Waals surface area contributed by atoms with E-state index >= 15 is 0 Å². The van der Waals surface area contributed by atoms with Crippen molar-refractivity contribution in [2.24, 2.45) is 0 Å². The van der Waals surface area contributed by atoms with E-state index < -0.39 is 0 Å². The van der Waals surface area contributed by atoms with Crippen LogP contribution >= 0.6 is 0 Å². The Morgan fingerprint density at radius 2 is 2.05 bits per heavy atom. The standard InChI is InChI=1S/C16H13N3O3/c1-22-15-7-13-11(6-10(15)8-20)16(18-9-17-13)19-12-4-2-3-5-14(12)21/h2-9,21H,1H3,(H,17,18,19). The van der Waals surface area contributed by atoms with Crippen LogP contribution in [0.15, 0.2) is 42.7 Å². The molecular formula is C16H13N3O3. The van der Waals surface area contributed by atoms with E-state index in [2.05, 4.69) is 15.3 Å². The van der Waals surface area contributed by atoms with Crippen molar-refractivity contribution < 1.29 is 14.6 Å². The summed E-state index contributed by atoms with van der Waals surface area (Å²) in [6, 6.07) is 10.2. The quantitative estimate of drug-likeness (QED) is 0.568. The number of aromatic hydroxyl groups is 1. The van der Waals surface area contributed by atoms with E-state index in [4.69, 9.17) is 4.74 Å². The molecular weight excluding hydrogens is 282 g/mol. The highest BCUT2D eigenvalue weighted by atomic mass is 16.5. The highest BCUT2D eigenvalue weighted by Gasteiger charge is 2.11. The Morgan fingerprint density at radius 1 is 1.23 bits per heavy atom. The van der Waals surface area contributed by atoms with Crippen LogP contribution in [0.2, 0.25) is 0 Å². The van der Waals surface area contributed by atoms with Crippen molar-refractivity contribution in [1.29, 1.82) is 0 Å². The molecule has 0 saturated heterocycles. The molecule has 0 unspecified atom stereocenters. The fraction of sp³-hybridized carbons (Fsp3) is 0.0625. The molecule has 0 aliphatic heterocycles. The largest absolute Gasteiger partial charge is 0.506 e. The van der Waals surface area contributed by atoms with Crippen LogP contribution in [-0.4, -0.2) is 28.5 Å². The minimum absolute atomic E-state index is 0.110. The number of carbonyl (C=O) groups excluding carboxylic acids is 1. The fourth-order valence-corrected chi connectivity index (χ4v) is 2.18. The van der Waals surface area contributed by atoms with Crippen LogP contribution in [0, 0.1) is 0 Å². The summed E-state index contributed by atoms with van der Waals surface area (Å²) in [7, 11) is 1.50. The zero-order valence-corrected chi connectivity index (χ0v) is 11.8. The van der Waals surface area contributed by atoms with E-state index in [1.54, 1.807) is 36.4 Å². The minimum atomic E-state index is 0.110. The lowest BCUT2D eigenvalue weighted by molar-refractivity contribution is 0.112. The third-order valence-electron chi connectivity index (χ3n) is 3.27. The van der Waals surface area contributed by atoms with E-state index in [9.17, 15) is 9.90 Å². The summed E-state index contributed by atoms with van der Waals surface area (Å²) in [5, 5.41) is 13.6. The number of nitrogens with one attached hydrogen (secondary N) is 1. The lowest BCUT2D eigenvalue weighted by Gasteiger charge is -2.11. The summed E-state index contributed by atoms with van der Waals surface area (Å²) in [6.45, 7) is 0. The first-order chi connectivity index (χ1) is 10.7. The second-order valence-corrected chi connectivity index (χ2v) is 4.59. The number of phenolic OH excluding ortho intramolecular Hbond substituents is 1. The van der Waals surface area contributed by atoms with Crippen LogP contribution in [0.3, 0.4) is 0 Å². The number of carbonyl (C=O) groups is 1. The van der Waals surface area contributed by atoms with Crippen LogP contribution in [0.25, 0.3) is 10.9 Å². The molecule has 0 radical (unpaired) electrons. The van der Waals surface area contributed by atoms with Gasteiger partial charge in [0, 0.05) is 11.5 Å². The highest BCUT2D eigenvalue weighted by molar-refractivity contribution is 5.97. The first kappa shape index (κ1) is 13.8. The predicted octanol–water partition coefficient (Wildman–Crippen LogP) is 2.90. The number of para-hydroxylation sites is 2. The van der Waals surface area contributed by atoms with Gasteiger partial charge in [-0.2, -0.15) is 0 Å². The van der Waals surface area contributed by atoms with Crippen molar-refractivity contribution in [2.75, 3.05) is 12.4 Å². The molecule has 1 heterocycles. The molecule has 2 N–H and O–H groups in total. The number of phenols is 1. The zero-order chi connectivity index (χ0) is 15.5. The Morgan fingerprint density at radius 3 is 2.77 bits per heavy atom. The highest BCUT2D eigenvalue weighted by Crippen LogP contribution is 2.31. The van der Waals surface area contributed by atoms with Gasteiger partial charge in [-0.3, -0.25) is 4.79 Å². The summed E-state index contributed by atoms with van der Waals surface area (Å²) in [5.74, 6) is 1.06. The number of hydrogen-bond acceptors (Lipinski definition) is 6. The summed E-state index contributed by atoms with van der Waals surface area (Å²) in [4.78, 5) is 19.5. The number of hydrogen-bond donors (Lipinski definition) is 2. The van der Waals surface area contributed by atoms with Gasteiger partial charge in [-0.05, 0) is 18.2 Å². The van der Waals surface area contributed by atoms with Gasteiger partial charge >= 0.3 is 0 Å². The van der Waals surface area contributed by atoms with Crippen molar-refractivity contribution in [3.05, 3.63) is 48.3 Å². The monoisotopic (exact) mass is 295 g/mol. The van der Waals surface area contributed by atoms with Gasteiger partial charge in [-0.1, -0.05) is 12.1 Å². The Hall–Kier alpha value is -3.15. The smallest absolute Gasteiger partial charge is 0.153 e. The molecule has 0 aliphatic carbocycles. The third-order valence-corrected chi connectivity index (χ3v) is 3.27. The number of aromatic nitrogens is 2. The Labute approximate surface area is 126 Å². The van der Waals surface area contributed by atoms with Gasteiger partial charge in [0.15, 0.2) is 6.29 Å². The molecule has 0 amide bonds. The number of rotatable bonds is 4. The first-order valence-electron chi connectivity index (χ1n) is 6.56. The van der Waals surface area contributed by atoms with Gasteiger partial charge in [-0.15, -0.1) is 0 Å². The molecule has 6 heteroatoms. The molecule has 1 aromatic heterocycles. The number of fused-ring (bicyclic) bond motifs is 1. The Bertz CT molecular complexity index is 849. The molecule has 3 rings (SSSR count). The summed E-state index contributed by atoms with van der Waals surface area (Å²) < 4.78 is 5.17. The minimum Gasteiger partial charge on any atom is -0.506 e. The number of benzene rings is 2. The van der Waals surface area contributed by atoms with Gasteiger partial charge in [0.25, 0.3) is 0 Å². The maximum Gasteiger partial charge on any atom is 0.153 e. The molecule has 3 aromatic rings. The molecule has 0 spiro atoms. The third kappa shape index (κ3) is 2.42. The van der Waals surface area contributed by atoms with Gasteiger partial charge in [0.2, 0.25) is 0 Å². The summed E-state index contributed by atoms with van der Waals surface area (Å²) >= 11 is 0. The van der Waals surface area contributed by atoms with E-state index in [1.165, 1.54) is 13.4 Å². The van der Waals surface area contributed by atoms with E-state index in [-0.39, 0.29) is 5.75 Å². The predicted molar refractivity (Wildman–Crippen MR) is 82.9 cm³/mol. The van der Waals surface area contributed by atoms with Crippen LogP contribution in [0.1, 0.15) is 10.4 Å². The number of methoxy groups -OCH3 is 1. The molecule has 0 atom stereocenters. The number of anilines is 2. The number of nitrogens with zero attached hydrogens (tertiary/aromatic N) is 2. The van der Waals surface area contributed by atoms with Crippen molar-refractivity contribution in [1.82, 2.24) is 9.97 Å². The molecule has 22 heavy (non-hydrogen) atoms. The van der Waals surface area contributed by atoms with E-state index in [0.717, 1.165) is 6.29 Å². The Balaban J connectivity index is 2.14. The first-order valence-corrected chi connectivity index (χ1v) is 6.56. The topological polar surface area (TPSA) is 84.3 Å². The van der Waals surface area contributed by atoms with E-state index in [0.29, 0.717) is 33.7 Å². The lowest BCUT2D eigenvalue weighted by Crippen LogP contribution is -1.98. The van der Waals surface area contributed by atoms with Crippen LogP contribution in [0.5, 0.6) is 11.5 Å². The summed E-state index contributed by atoms with van der Waals surface area (Å²) in [5.41, 5.74) is 1.56. The van der Waals surface area contributed by atoms with Crippen LogP contribution in [0.4, 0.5) is 11.5 Å². The Kier molecular flexibility index (Phi) is 3.57. The van der Waals surface area contributed by atoms with Crippen molar-refractivity contribution in [3.8, 4) is 11.5 Å². The van der Waals surface area contributed by atoms with Crippen LogP contribution in [-0.2, 0) is 0 Å². The second kappa shape index (κ2) is 5.69. The van der Waals surface area contributed by atoms with Gasteiger partial charge in [0.1, 0.15) is 23.6 Å². The van der Waals surface area contributed by atoms with Gasteiger partial charge in [-0.25, -0.2) is 9.97 Å². The molecule has 0 fully saturated rings. The van der Waals surface area contributed by atoms with Gasteiger partial charge in [0.05, 0.1) is 23.9 Å². The SMILES string of the molecule is COc1cc2ncnc(Nc3ccccc3O)c2cc1C=O. The van der Waals surface area contributed by atoms with E-state index in [1.807, 2.05) is 0 Å². The van der Waals surface area contributed by atoms with Crippen molar-refractivity contribution in [2.45, 2.75) is 0 Å². The molecule has 0 saturated carbocycles. The average Bonchev–Trinajstić information content (AvgIpc) is 2.56. The lowest BCUT2D eigenvalue weighted by atomic mass is 10.1. The molecule has 2 aromatic carbocycles. The molecule has 0 aliphatic rings. The van der Waals surface area contributed by atoms with Gasteiger partial charge < -0.3 is 15.2 Å². The molecule has 6 nitrogen and oxygen atoms in total. The summed E-state index contributed by atoms with van der Waals surface area (Å²) in [6.07, 6.45) is 2.12. The fourth-order valence-electron chi connectivity index (χ4n) is 2.18. The van der Waals surface area contributed by atoms with Crippen molar-refractivity contribution >= 4 is 28.7 Å². The van der Waals surface area contributed by atoms with Crippen molar-refractivity contribution in [3.63, 3.8) is 0 Å². The molecule has 0 bridgehead atoms. The zero-order valence-electron chi connectivity index (χ0n) is 11.8. The normalized spacial score (nSPS) is 10.4. The maximum atomic E-state index is 11.2. The molecule has 110 valence electrons. The second-order valence-electron chi connectivity index (χ2n) is 4.59. The number of ether oxygens (including phenoxy) is 1.